The molecule has 1 saturated heterocycles. The van der Waals surface area contributed by atoms with Crippen molar-refractivity contribution in [1.29, 1.82) is 0 Å². The number of benzene rings is 2. The summed E-state index contributed by atoms with van der Waals surface area (Å²) in [4.78, 5) is 29.2. The van der Waals surface area contributed by atoms with E-state index in [1.807, 2.05) is 24.4 Å². The third-order valence-electron chi connectivity index (χ3n) is 6.00. The maximum atomic E-state index is 12.9. The van der Waals surface area contributed by atoms with Gasteiger partial charge in [0.25, 0.3) is 0 Å². The summed E-state index contributed by atoms with van der Waals surface area (Å²) in [6.07, 6.45) is 3.56. The minimum Gasteiger partial charge on any atom is -0.497 e. The van der Waals surface area contributed by atoms with Gasteiger partial charge in [-0.25, -0.2) is 14.8 Å². The normalized spacial score (nSPS) is 13.7. The van der Waals surface area contributed by atoms with Crippen LogP contribution in [0.1, 0.15) is 0 Å². The lowest BCUT2D eigenvalue weighted by Gasteiger charge is -2.35. The molecule has 2 aromatic carbocycles. The van der Waals surface area contributed by atoms with Gasteiger partial charge in [0.15, 0.2) is 0 Å². The zero-order valence-corrected chi connectivity index (χ0v) is 19.1. The Bertz CT molecular complexity index is 1280. The molecule has 3 heterocycles. The number of anilines is 2. The number of H-pyrrole nitrogens is 1. The topological polar surface area (TPSA) is 95.6 Å². The molecule has 0 spiro atoms. The third kappa shape index (κ3) is 4.19. The Balaban J connectivity index is 1.31. The Labute approximate surface area is 197 Å². The lowest BCUT2D eigenvalue weighted by Crippen LogP contribution is -2.50. The van der Waals surface area contributed by atoms with Gasteiger partial charge in [-0.2, -0.15) is 0 Å². The Morgan fingerprint density at radius 3 is 2.35 bits per heavy atom. The van der Waals surface area contributed by atoms with Crippen LogP contribution in [0.4, 0.5) is 16.3 Å². The van der Waals surface area contributed by atoms with Crippen molar-refractivity contribution in [1.82, 2.24) is 19.9 Å². The number of hydrogen-bond acceptors (Lipinski definition) is 6. The fraction of sp³-hybridized carbons (Fsp3) is 0.240. The van der Waals surface area contributed by atoms with Crippen molar-refractivity contribution in [3.8, 4) is 22.6 Å². The fourth-order valence-corrected chi connectivity index (χ4v) is 4.24. The molecule has 5 rings (SSSR count). The number of rotatable bonds is 5. The number of nitrogens with one attached hydrogen (secondary N) is 2. The van der Waals surface area contributed by atoms with Gasteiger partial charge in [-0.15, -0.1) is 0 Å². The summed E-state index contributed by atoms with van der Waals surface area (Å²) in [5.41, 5.74) is 3.60. The molecule has 1 aliphatic rings. The standard InChI is InChI=1S/C25H26N6O3/c1-33-19-12-18(13-20(14-19)34-2)29-25(32)31-10-8-30(9-11-31)24-22-21(17-6-4-3-5-7-17)15-26-23(22)27-16-28-24/h3-7,12-16H,8-11H2,1-2H3,(H,29,32)(H,26,27,28). The van der Waals surface area contributed by atoms with E-state index in [1.165, 1.54) is 0 Å². The molecule has 9 heteroatoms. The summed E-state index contributed by atoms with van der Waals surface area (Å²) in [6.45, 7) is 2.48. The van der Waals surface area contributed by atoms with Gasteiger partial charge in [-0.3, -0.25) is 0 Å². The van der Waals surface area contributed by atoms with Crippen molar-refractivity contribution >= 4 is 28.6 Å². The lowest BCUT2D eigenvalue weighted by molar-refractivity contribution is 0.208. The predicted octanol–water partition coefficient (Wildman–Crippen LogP) is 4.00. The molecule has 0 aliphatic carbocycles. The number of piperazine rings is 1. The molecule has 2 amide bonds. The van der Waals surface area contributed by atoms with Gasteiger partial charge in [-0.1, -0.05) is 30.3 Å². The quantitative estimate of drug-likeness (QED) is 0.469. The van der Waals surface area contributed by atoms with Gasteiger partial charge in [0, 0.05) is 61.8 Å². The molecular weight excluding hydrogens is 432 g/mol. The number of methoxy groups -OCH3 is 2. The molecule has 0 saturated carbocycles. The van der Waals surface area contributed by atoms with E-state index in [4.69, 9.17) is 9.47 Å². The summed E-state index contributed by atoms with van der Waals surface area (Å²) in [6, 6.07) is 15.3. The van der Waals surface area contributed by atoms with E-state index in [-0.39, 0.29) is 6.03 Å². The first-order valence-corrected chi connectivity index (χ1v) is 11.1. The van der Waals surface area contributed by atoms with Crippen LogP contribution in [0.3, 0.4) is 0 Å². The van der Waals surface area contributed by atoms with E-state index < -0.39 is 0 Å². The number of carbonyl (C=O) groups excluding carboxylic acids is 1. The molecule has 34 heavy (non-hydrogen) atoms. The molecule has 0 unspecified atom stereocenters. The van der Waals surface area contributed by atoms with Crippen LogP contribution in [0.15, 0.2) is 61.1 Å². The Morgan fingerprint density at radius 2 is 1.68 bits per heavy atom. The first-order valence-electron chi connectivity index (χ1n) is 11.1. The van der Waals surface area contributed by atoms with Gasteiger partial charge in [0.1, 0.15) is 29.3 Å². The molecular formula is C25H26N6O3. The van der Waals surface area contributed by atoms with E-state index in [9.17, 15) is 4.79 Å². The SMILES string of the molecule is COc1cc(NC(=O)N2CCN(c3ncnc4[nH]cc(-c5ccccc5)c34)CC2)cc(OC)c1. The van der Waals surface area contributed by atoms with Crippen LogP contribution in [0, 0.1) is 0 Å². The van der Waals surface area contributed by atoms with Gasteiger partial charge in [0.05, 0.1) is 19.6 Å². The van der Waals surface area contributed by atoms with Crippen LogP contribution in [-0.2, 0) is 0 Å². The van der Waals surface area contributed by atoms with E-state index in [2.05, 4.69) is 37.3 Å². The average molecular weight is 459 g/mol. The number of aromatic amines is 1. The van der Waals surface area contributed by atoms with Crippen LogP contribution in [0.5, 0.6) is 11.5 Å². The first-order chi connectivity index (χ1) is 16.7. The number of nitrogens with zero attached hydrogens (tertiary/aromatic N) is 4. The minimum absolute atomic E-state index is 0.158. The van der Waals surface area contributed by atoms with Crippen LogP contribution in [0.2, 0.25) is 0 Å². The minimum atomic E-state index is -0.158. The molecule has 174 valence electrons. The monoisotopic (exact) mass is 458 g/mol. The van der Waals surface area contributed by atoms with Gasteiger partial charge in [-0.05, 0) is 5.56 Å². The summed E-state index contributed by atoms with van der Waals surface area (Å²) >= 11 is 0. The fourth-order valence-electron chi connectivity index (χ4n) is 4.24. The molecule has 4 aromatic rings. The highest BCUT2D eigenvalue weighted by Crippen LogP contribution is 2.34. The van der Waals surface area contributed by atoms with Crippen molar-refractivity contribution in [2.75, 3.05) is 50.6 Å². The summed E-state index contributed by atoms with van der Waals surface area (Å²) in [5.74, 6) is 2.11. The smallest absolute Gasteiger partial charge is 0.321 e. The van der Waals surface area contributed by atoms with Crippen LogP contribution in [-0.4, -0.2) is 66.3 Å². The van der Waals surface area contributed by atoms with E-state index in [0.29, 0.717) is 43.4 Å². The third-order valence-corrected chi connectivity index (χ3v) is 6.00. The number of ether oxygens (including phenoxy) is 2. The van der Waals surface area contributed by atoms with Gasteiger partial charge < -0.3 is 29.6 Å². The number of urea groups is 1. The van der Waals surface area contributed by atoms with Crippen molar-refractivity contribution < 1.29 is 14.3 Å². The van der Waals surface area contributed by atoms with Crippen LogP contribution < -0.4 is 19.7 Å². The predicted molar refractivity (Wildman–Crippen MR) is 132 cm³/mol. The van der Waals surface area contributed by atoms with E-state index >= 15 is 0 Å². The molecule has 0 bridgehead atoms. The Morgan fingerprint density at radius 1 is 0.971 bits per heavy atom. The number of hydrogen-bond donors (Lipinski definition) is 2. The zero-order chi connectivity index (χ0) is 23.5. The summed E-state index contributed by atoms with van der Waals surface area (Å²) in [7, 11) is 3.16. The number of fused-ring (bicyclic) bond motifs is 1. The van der Waals surface area contributed by atoms with Crippen molar-refractivity contribution in [2.24, 2.45) is 0 Å². The largest absolute Gasteiger partial charge is 0.497 e. The van der Waals surface area contributed by atoms with Crippen LogP contribution in [0.25, 0.3) is 22.2 Å². The zero-order valence-electron chi connectivity index (χ0n) is 19.1. The molecule has 0 radical (unpaired) electrons. The Kier molecular flexibility index (Phi) is 5.90. The first kappa shape index (κ1) is 21.6. The number of carbonyl (C=O) groups is 1. The molecule has 2 aromatic heterocycles. The summed E-state index contributed by atoms with van der Waals surface area (Å²) < 4.78 is 10.6. The van der Waals surface area contributed by atoms with Crippen molar-refractivity contribution in [3.05, 3.63) is 61.1 Å². The van der Waals surface area contributed by atoms with Crippen LogP contribution >= 0.6 is 0 Å². The second kappa shape index (κ2) is 9.30. The Hall–Kier alpha value is -4.27. The van der Waals surface area contributed by atoms with E-state index in [0.717, 1.165) is 28.0 Å². The molecule has 2 N–H and O–H groups in total. The molecule has 1 aliphatic heterocycles. The average Bonchev–Trinajstić information content (AvgIpc) is 3.33. The van der Waals surface area contributed by atoms with Gasteiger partial charge in [0.2, 0.25) is 0 Å². The maximum Gasteiger partial charge on any atom is 0.321 e. The molecule has 1 fully saturated rings. The molecule has 9 nitrogen and oxygen atoms in total. The van der Waals surface area contributed by atoms with E-state index in [1.54, 1.807) is 43.6 Å². The van der Waals surface area contributed by atoms with Crippen molar-refractivity contribution in [3.63, 3.8) is 0 Å². The highest BCUT2D eigenvalue weighted by molar-refractivity contribution is 6.01. The number of amides is 2. The van der Waals surface area contributed by atoms with Crippen molar-refractivity contribution in [2.45, 2.75) is 0 Å². The number of aromatic nitrogens is 3. The maximum absolute atomic E-state index is 12.9. The highest BCUT2D eigenvalue weighted by atomic mass is 16.5. The van der Waals surface area contributed by atoms with Gasteiger partial charge >= 0.3 is 6.03 Å². The second-order valence-electron chi connectivity index (χ2n) is 7.99. The molecule has 0 atom stereocenters. The highest BCUT2D eigenvalue weighted by Gasteiger charge is 2.25. The summed E-state index contributed by atoms with van der Waals surface area (Å²) in [5, 5.41) is 3.95. The lowest BCUT2D eigenvalue weighted by atomic mass is 10.1. The second-order valence-corrected chi connectivity index (χ2v) is 7.99.